The van der Waals surface area contributed by atoms with Crippen molar-refractivity contribution in [2.75, 3.05) is 18.5 Å². The third kappa shape index (κ3) is 3.98. The fourth-order valence-corrected chi connectivity index (χ4v) is 2.09. The molecule has 0 amide bonds. The fraction of sp³-hybridized carbons (Fsp3) is 0.467. The molecule has 0 spiro atoms. The number of aryl methyl sites for hydroxylation is 3. The molecule has 0 saturated carbocycles. The SMILES string of the molecule is CCOc1cccc(NCCCn2nc(C)cc2C)n1. The third-order valence-corrected chi connectivity index (χ3v) is 2.97. The average Bonchev–Trinajstić information content (AvgIpc) is 2.74. The number of aromatic nitrogens is 3. The third-order valence-electron chi connectivity index (χ3n) is 2.97. The highest BCUT2D eigenvalue weighted by Gasteiger charge is 2.01. The van der Waals surface area contributed by atoms with Crippen LogP contribution in [0.15, 0.2) is 24.3 Å². The molecular weight excluding hydrogens is 252 g/mol. The lowest BCUT2D eigenvalue weighted by Gasteiger charge is -2.08. The summed E-state index contributed by atoms with van der Waals surface area (Å²) < 4.78 is 7.42. The quantitative estimate of drug-likeness (QED) is 0.789. The first-order valence-electron chi connectivity index (χ1n) is 7.04. The Hall–Kier alpha value is -2.04. The van der Waals surface area contributed by atoms with Gasteiger partial charge in [0, 0.05) is 24.8 Å². The van der Waals surface area contributed by atoms with Crippen molar-refractivity contribution in [2.24, 2.45) is 0 Å². The summed E-state index contributed by atoms with van der Waals surface area (Å²) in [5.74, 6) is 1.51. The van der Waals surface area contributed by atoms with E-state index >= 15 is 0 Å². The summed E-state index contributed by atoms with van der Waals surface area (Å²) >= 11 is 0. The van der Waals surface area contributed by atoms with Gasteiger partial charge < -0.3 is 10.1 Å². The molecular formula is C15H22N4O. The van der Waals surface area contributed by atoms with Gasteiger partial charge in [-0.25, -0.2) is 0 Å². The van der Waals surface area contributed by atoms with Gasteiger partial charge in [-0.2, -0.15) is 10.1 Å². The predicted molar refractivity (Wildman–Crippen MR) is 80.2 cm³/mol. The van der Waals surface area contributed by atoms with Gasteiger partial charge in [0.1, 0.15) is 5.82 Å². The number of nitrogens with zero attached hydrogens (tertiary/aromatic N) is 3. The van der Waals surface area contributed by atoms with Crippen LogP contribution in [-0.4, -0.2) is 27.9 Å². The lowest BCUT2D eigenvalue weighted by Crippen LogP contribution is -2.09. The van der Waals surface area contributed by atoms with Crippen LogP contribution in [0, 0.1) is 13.8 Å². The van der Waals surface area contributed by atoms with Crippen LogP contribution in [-0.2, 0) is 6.54 Å². The van der Waals surface area contributed by atoms with Gasteiger partial charge in [-0.1, -0.05) is 6.07 Å². The summed E-state index contributed by atoms with van der Waals surface area (Å²) in [7, 11) is 0. The van der Waals surface area contributed by atoms with E-state index in [1.165, 1.54) is 5.69 Å². The van der Waals surface area contributed by atoms with Crippen LogP contribution in [0.5, 0.6) is 5.88 Å². The van der Waals surface area contributed by atoms with Crippen molar-refractivity contribution >= 4 is 5.82 Å². The molecule has 0 bridgehead atoms. The molecule has 0 aliphatic heterocycles. The molecule has 2 aromatic heterocycles. The molecule has 0 aliphatic rings. The second-order valence-corrected chi connectivity index (χ2v) is 4.72. The highest BCUT2D eigenvalue weighted by molar-refractivity contribution is 5.36. The van der Waals surface area contributed by atoms with E-state index in [1.807, 2.05) is 36.7 Å². The molecule has 0 saturated heterocycles. The van der Waals surface area contributed by atoms with Crippen LogP contribution in [0.2, 0.25) is 0 Å². The molecule has 0 radical (unpaired) electrons. The van der Waals surface area contributed by atoms with E-state index in [0.29, 0.717) is 12.5 Å². The monoisotopic (exact) mass is 274 g/mol. The van der Waals surface area contributed by atoms with E-state index in [1.54, 1.807) is 0 Å². The molecule has 0 aliphatic carbocycles. The Bertz CT molecular complexity index is 551. The van der Waals surface area contributed by atoms with Crippen LogP contribution in [0.1, 0.15) is 24.7 Å². The predicted octanol–water partition coefficient (Wildman–Crippen LogP) is 2.80. The van der Waals surface area contributed by atoms with Gasteiger partial charge in [-0.3, -0.25) is 4.68 Å². The molecule has 1 N–H and O–H groups in total. The molecule has 0 fully saturated rings. The molecule has 5 nitrogen and oxygen atoms in total. The minimum absolute atomic E-state index is 0.633. The van der Waals surface area contributed by atoms with E-state index in [4.69, 9.17) is 4.74 Å². The lowest BCUT2D eigenvalue weighted by molar-refractivity contribution is 0.327. The maximum atomic E-state index is 5.38. The Balaban J connectivity index is 1.78. The second-order valence-electron chi connectivity index (χ2n) is 4.72. The van der Waals surface area contributed by atoms with Crippen molar-refractivity contribution in [3.8, 4) is 5.88 Å². The smallest absolute Gasteiger partial charge is 0.215 e. The van der Waals surface area contributed by atoms with Crippen LogP contribution >= 0.6 is 0 Å². The molecule has 0 atom stereocenters. The summed E-state index contributed by atoms with van der Waals surface area (Å²) in [5, 5.41) is 7.75. The minimum Gasteiger partial charge on any atom is -0.478 e. The molecule has 2 aromatic rings. The maximum Gasteiger partial charge on any atom is 0.215 e. The Morgan fingerprint density at radius 2 is 2.15 bits per heavy atom. The topological polar surface area (TPSA) is 52.0 Å². The number of nitrogens with one attached hydrogen (secondary N) is 1. The average molecular weight is 274 g/mol. The van der Waals surface area contributed by atoms with Crippen molar-refractivity contribution in [2.45, 2.75) is 33.7 Å². The highest BCUT2D eigenvalue weighted by Crippen LogP contribution is 2.11. The summed E-state index contributed by atoms with van der Waals surface area (Å²) in [5.41, 5.74) is 2.28. The minimum atomic E-state index is 0.633. The largest absolute Gasteiger partial charge is 0.478 e. The van der Waals surface area contributed by atoms with E-state index < -0.39 is 0 Å². The zero-order chi connectivity index (χ0) is 14.4. The van der Waals surface area contributed by atoms with E-state index in [0.717, 1.165) is 31.0 Å². The Morgan fingerprint density at radius 1 is 1.30 bits per heavy atom. The van der Waals surface area contributed by atoms with Crippen LogP contribution < -0.4 is 10.1 Å². The summed E-state index contributed by atoms with van der Waals surface area (Å²) in [6, 6.07) is 7.86. The molecule has 0 unspecified atom stereocenters. The number of anilines is 1. The number of pyridine rings is 1. The van der Waals surface area contributed by atoms with Gasteiger partial charge >= 0.3 is 0 Å². The van der Waals surface area contributed by atoms with Crippen LogP contribution in [0.3, 0.4) is 0 Å². The first-order valence-corrected chi connectivity index (χ1v) is 7.04. The highest BCUT2D eigenvalue weighted by atomic mass is 16.5. The van der Waals surface area contributed by atoms with Crippen molar-refractivity contribution in [3.63, 3.8) is 0 Å². The van der Waals surface area contributed by atoms with Gasteiger partial charge in [-0.15, -0.1) is 0 Å². The normalized spacial score (nSPS) is 10.6. The molecule has 20 heavy (non-hydrogen) atoms. The van der Waals surface area contributed by atoms with Crippen molar-refractivity contribution < 1.29 is 4.74 Å². The van der Waals surface area contributed by atoms with E-state index in [9.17, 15) is 0 Å². The second kappa shape index (κ2) is 6.93. The van der Waals surface area contributed by atoms with Crippen LogP contribution in [0.25, 0.3) is 0 Å². The summed E-state index contributed by atoms with van der Waals surface area (Å²) in [6.07, 6.45) is 1.00. The first kappa shape index (κ1) is 14.4. The molecule has 2 rings (SSSR count). The Kier molecular flexibility index (Phi) is 4.98. The zero-order valence-electron chi connectivity index (χ0n) is 12.4. The summed E-state index contributed by atoms with van der Waals surface area (Å²) in [6.45, 7) is 8.47. The van der Waals surface area contributed by atoms with Crippen molar-refractivity contribution in [1.82, 2.24) is 14.8 Å². The number of hydrogen-bond donors (Lipinski definition) is 1. The Morgan fingerprint density at radius 3 is 2.85 bits per heavy atom. The maximum absolute atomic E-state index is 5.38. The van der Waals surface area contributed by atoms with E-state index in [2.05, 4.69) is 28.4 Å². The molecule has 0 aromatic carbocycles. The van der Waals surface area contributed by atoms with Gasteiger partial charge in [0.05, 0.1) is 12.3 Å². The lowest BCUT2D eigenvalue weighted by atomic mass is 10.3. The van der Waals surface area contributed by atoms with Crippen molar-refractivity contribution in [3.05, 3.63) is 35.7 Å². The van der Waals surface area contributed by atoms with Gasteiger partial charge in [-0.05, 0) is 39.3 Å². The first-order chi connectivity index (χ1) is 9.69. The summed E-state index contributed by atoms with van der Waals surface area (Å²) in [4.78, 5) is 4.37. The van der Waals surface area contributed by atoms with E-state index in [-0.39, 0.29) is 0 Å². The van der Waals surface area contributed by atoms with Gasteiger partial charge in [0.2, 0.25) is 5.88 Å². The van der Waals surface area contributed by atoms with Crippen LogP contribution in [0.4, 0.5) is 5.82 Å². The van der Waals surface area contributed by atoms with Gasteiger partial charge in [0.15, 0.2) is 0 Å². The molecule has 2 heterocycles. The van der Waals surface area contributed by atoms with Gasteiger partial charge in [0.25, 0.3) is 0 Å². The Labute approximate surface area is 120 Å². The van der Waals surface area contributed by atoms with Crippen molar-refractivity contribution in [1.29, 1.82) is 0 Å². The fourth-order valence-electron chi connectivity index (χ4n) is 2.09. The molecule has 108 valence electrons. The number of ether oxygens (including phenoxy) is 1. The molecule has 5 heteroatoms. The number of hydrogen-bond acceptors (Lipinski definition) is 4. The number of rotatable bonds is 7. The zero-order valence-corrected chi connectivity index (χ0v) is 12.4. The standard InChI is InChI=1S/C15H22N4O/c1-4-20-15-8-5-7-14(17-15)16-9-6-10-19-13(3)11-12(2)18-19/h5,7-8,11H,4,6,9-10H2,1-3H3,(H,16,17).